The van der Waals surface area contributed by atoms with Gasteiger partial charge < -0.3 is 14.8 Å². The molecule has 23 heavy (non-hydrogen) atoms. The van der Waals surface area contributed by atoms with Crippen molar-refractivity contribution in [2.24, 2.45) is 5.41 Å². The minimum atomic E-state index is -3.76. The van der Waals surface area contributed by atoms with Crippen LogP contribution in [0.25, 0.3) is 0 Å². The van der Waals surface area contributed by atoms with Gasteiger partial charge in [0.15, 0.2) is 5.76 Å². The number of hydrogen-bond donors (Lipinski definition) is 3. The number of sulfonamides is 1. The van der Waals surface area contributed by atoms with Crippen molar-refractivity contribution in [3.63, 3.8) is 0 Å². The fourth-order valence-corrected chi connectivity index (χ4v) is 3.37. The van der Waals surface area contributed by atoms with Gasteiger partial charge in [0.2, 0.25) is 5.09 Å². The molecule has 9 heteroatoms. The fraction of sp³-hybridized carbons (Fsp3) is 0.571. The van der Waals surface area contributed by atoms with E-state index in [1.54, 1.807) is 0 Å². The van der Waals surface area contributed by atoms with Crippen molar-refractivity contribution < 1.29 is 27.5 Å². The molecule has 0 unspecified atom stereocenters. The molecule has 0 aliphatic heterocycles. The Morgan fingerprint density at radius 1 is 1.26 bits per heavy atom. The van der Waals surface area contributed by atoms with Crippen LogP contribution in [-0.4, -0.2) is 39.0 Å². The van der Waals surface area contributed by atoms with E-state index in [1.807, 2.05) is 0 Å². The first-order valence-electron chi connectivity index (χ1n) is 7.36. The Morgan fingerprint density at radius 2 is 1.91 bits per heavy atom. The second-order valence-corrected chi connectivity index (χ2v) is 7.47. The molecule has 1 aromatic heterocycles. The number of amides is 1. The zero-order chi connectivity index (χ0) is 17.1. The second kappa shape index (κ2) is 6.71. The molecule has 1 saturated carbocycles. The van der Waals surface area contributed by atoms with E-state index in [0.717, 1.165) is 19.3 Å². The Morgan fingerprint density at radius 3 is 2.48 bits per heavy atom. The Balaban J connectivity index is 2.06. The van der Waals surface area contributed by atoms with Gasteiger partial charge in [0, 0.05) is 6.54 Å². The van der Waals surface area contributed by atoms with E-state index < -0.39 is 27.3 Å². The van der Waals surface area contributed by atoms with Crippen LogP contribution < -0.4 is 10.0 Å². The van der Waals surface area contributed by atoms with Crippen LogP contribution in [0.5, 0.6) is 0 Å². The van der Waals surface area contributed by atoms with Crippen molar-refractivity contribution in [1.82, 2.24) is 10.0 Å². The number of carbonyl (C=O) groups excluding carboxylic acids is 1. The van der Waals surface area contributed by atoms with Crippen LogP contribution in [0.2, 0.25) is 0 Å². The summed E-state index contributed by atoms with van der Waals surface area (Å²) >= 11 is 0. The predicted molar refractivity (Wildman–Crippen MR) is 80.4 cm³/mol. The smallest absolute Gasteiger partial charge is 0.311 e. The van der Waals surface area contributed by atoms with Gasteiger partial charge in [0.05, 0.1) is 5.41 Å². The predicted octanol–water partition coefficient (Wildman–Crippen LogP) is 0.953. The molecular weight excluding hydrogens is 324 g/mol. The lowest BCUT2D eigenvalue weighted by Crippen LogP contribution is -2.44. The minimum absolute atomic E-state index is 0.00399. The minimum Gasteiger partial charge on any atom is -0.481 e. The fourth-order valence-electron chi connectivity index (χ4n) is 2.72. The molecule has 2 rings (SSSR count). The molecular formula is C14H20N2O6S. The Kier molecular flexibility index (Phi) is 5.10. The van der Waals surface area contributed by atoms with Crippen LogP contribution in [0, 0.1) is 5.41 Å². The molecule has 8 nitrogen and oxygen atoms in total. The molecule has 1 aliphatic rings. The number of furan rings is 1. The van der Waals surface area contributed by atoms with E-state index in [1.165, 1.54) is 19.2 Å². The third-order valence-electron chi connectivity index (χ3n) is 4.19. The number of aliphatic carboxylic acids is 1. The quantitative estimate of drug-likeness (QED) is 0.705. The highest BCUT2D eigenvalue weighted by atomic mass is 32.2. The van der Waals surface area contributed by atoms with Crippen LogP contribution in [-0.2, 0) is 14.8 Å². The van der Waals surface area contributed by atoms with E-state index in [-0.39, 0.29) is 17.4 Å². The van der Waals surface area contributed by atoms with Crippen LogP contribution in [0.1, 0.15) is 42.7 Å². The number of hydrogen-bond acceptors (Lipinski definition) is 5. The summed E-state index contributed by atoms with van der Waals surface area (Å²) in [6.07, 6.45) is 3.65. The third-order valence-corrected chi connectivity index (χ3v) is 5.48. The molecule has 128 valence electrons. The third kappa shape index (κ3) is 3.73. The monoisotopic (exact) mass is 344 g/mol. The Bertz CT molecular complexity index is 688. The molecule has 1 aromatic rings. The highest BCUT2D eigenvalue weighted by Gasteiger charge is 2.40. The lowest BCUT2D eigenvalue weighted by atomic mass is 9.74. The highest BCUT2D eigenvalue weighted by molar-refractivity contribution is 7.89. The lowest BCUT2D eigenvalue weighted by molar-refractivity contribution is -0.150. The van der Waals surface area contributed by atoms with Crippen molar-refractivity contribution >= 4 is 21.9 Å². The van der Waals surface area contributed by atoms with E-state index in [4.69, 9.17) is 4.42 Å². The first-order chi connectivity index (χ1) is 10.8. The van der Waals surface area contributed by atoms with Crippen LogP contribution in [0.3, 0.4) is 0 Å². The molecule has 0 radical (unpaired) electrons. The van der Waals surface area contributed by atoms with Gasteiger partial charge in [-0.25, -0.2) is 13.1 Å². The molecule has 0 bridgehead atoms. The summed E-state index contributed by atoms with van der Waals surface area (Å²) in [7, 11) is -2.53. The maximum atomic E-state index is 12.1. The van der Waals surface area contributed by atoms with Crippen LogP contribution in [0.15, 0.2) is 21.6 Å². The van der Waals surface area contributed by atoms with Gasteiger partial charge in [-0.15, -0.1) is 0 Å². The molecule has 0 spiro atoms. The summed E-state index contributed by atoms with van der Waals surface area (Å²) in [6.45, 7) is -0.00399. The van der Waals surface area contributed by atoms with Crippen molar-refractivity contribution in [2.45, 2.75) is 37.2 Å². The van der Waals surface area contributed by atoms with Crippen molar-refractivity contribution in [3.05, 3.63) is 17.9 Å². The molecule has 1 aliphatic carbocycles. The summed E-state index contributed by atoms with van der Waals surface area (Å²) in [5.41, 5.74) is -0.958. The van der Waals surface area contributed by atoms with Gasteiger partial charge in [-0.2, -0.15) is 0 Å². The summed E-state index contributed by atoms with van der Waals surface area (Å²) in [5.74, 6) is -1.72. The molecule has 1 amide bonds. The Labute approximate surface area is 134 Å². The first-order valence-corrected chi connectivity index (χ1v) is 8.84. The average molecular weight is 344 g/mol. The van der Waals surface area contributed by atoms with Gasteiger partial charge in [0.25, 0.3) is 15.9 Å². The van der Waals surface area contributed by atoms with E-state index in [2.05, 4.69) is 10.0 Å². The number of carboxylic acid groups (broad SMARTS) is 1. The van der Waals surface area contributed by atoms with E-state index in [9.17, 15) is 23.1 Å². The highest BCUT2D eigenvalue weighted by Crippen LogP contribution is 2.36. The zero-order valence-electron chi connectivity index (χ0n) is 12.8. The van der Waals surface area contributed by atoms with Gasteiger partial charge >= 0.3 is 5.97 Å². The maximum absolute atomic E-state index is 12.1. The molecule has 0 aromatic carbocycles. The van der Waals surface area contributed by atoms with Crippen LogP contribution >= 0.6 is 0 Å². The van der Waals surface area contributed by atoms with Crippen LogP contribution in [0.4, 0.5) is 0 Å². The number of carbonyl (C=O) groups is 2. The van der Waals surface area contributed by atoms with Gasteiger partial charge in [-0.05, 0) is 32.0 Å². The SMILES string of the molecule is CNS(=O)(=O)c1ccc(C(=O)NCC2(C(=O)O)CCCCC2)o1. The summed E-state index contributed by atoms with van der Waals surface area (Å²) in [4.78, 5) is 23.6. The summed E-state index contributed by atoms with van der Waals surface area (Å²) in [5, 5.41) is 11.6. The molecule has 0 saturated heterocycles. The first kappa shape index (κ1) is 17.5. The second-order valence-electron chi connectivity index (χ2n) is 5.66. The van der Waals surface area contributed by atoms with E-state index >= 15 is 0 Å². The molecule has 1 heterocycles. The molecule has 0 atom stereocenters. The average Bonchev–Trinajstić information content (AvgIpc) is 3.04. The molecule has 3 N–H and O–H groups in total. The van der Waals surface area contributed by atoms with Crippen molar-refractivity contribution in [3.8, 4) is 0 Å². The largest absolute Gasteiger partial charge is 0.481 e. The summed E-state index contributed by atoms with van der Waals surface area (Å²) in [6, 6.07) is 2.42. The van der Waals surface area contributed by atoms with Crippen molar-refractivity contribution in [2.75, 3.05) is 13.6 Å². The molecule has 1 fully saturated rings. The van der Waals surface area contributed by atoms with Crippen molar-refractivity contribution in [1.29, 1.82) is 0 Å². The van der Waals surface area contributed by atoms with Gasteiger partial charge in [-0.1, -0.05) is 19.3 Å². The topological polar surface area (TPSA) is 126 Å². The van der Waals surface area contributed by atoms with Gasteiger partial charge in [-0.3, -0.25) is 9.59 Å². The number of nitrogens with one attached hydrogen (secondary N) is 2. The van der Waals surface area contributed by atoms with Gasteiger partial charge in [0.1, 0.15) is 0 Å². The summed E-state index contributed by atoms with van der Waals surface area (Å²) < 4.78 is 30.2. The Hall–Kier alpha value is -1.87. The van der Waals surface area contributed by atoms with E-state index in [0.29, 0.717) is 12.8 Å². The standard InChI is InChI=1S/C14H20N2O6S/c1-15-23(20,21)11-6-5-10(22-11)12(17)16-9-14(13(18)19)7-3-2-4-8-14/h5-6,15H,2-4,7-9H2,1H3,(H,16,17)(H,18,19). The maximum Gasteiger partial charge on any atom is 0.311 e. The number of rotatable bonds is 6. The number of carboxylic acids is 1. The normalized spacial score (nSPS) is 17.6. The lowest BCUT2D eigenvalue weighted by Gasteiger charge is -2.33. The zero-order valence-corrected chi connectivity index (χ0v) is 13.6.